The average Bonchev–Trinajstić information content (AvgIpc) is 4.00. The number of hydrogen-bond donors (Lipinski definition) is 0. The Morgan fingerprint density at radius 1 is 0.404 bits per heavy atom. The summed E-state index contributed by atoms with van der Waals surface area (Å²) in [5.74, 6) is 1.90. The molecule has 1 spiro atoms. The Kier molecular flexibility index (Phi) is 6.22. The lowest BCUT2D eigenvalue weighted by molar-refractivity contribution is 0.794. The number of aromatic nitrogens is 4. The molecule has 0 N–H and O–H groups in total. The Bertz CT molecular complexity index is 3440. The number of fused-ring (bicyclic) bond motifs is 17. The first kappa shape index (κ1) is 31.0. The molecular formula is C52H30N4S. The van der Waals surface area contributed by atoms with E-state index in [1.54, 1.807) is 11.3 Å². The number of para-hydroxylation sites is 1. The third-order valence-corrected chi connectivity index (χ3v) is 13.5. The van der Waals surface area contributed by atoms with Gasteiger partial charge < -0.3 is 0 Å². The molecule has 0 bridgehead atoms. The molecule has 0 radical (unpaired) electrons. The second-order valence-electron chi connectivity index (χ2n) is 15.1. The minimum Gasteiger partial charge on any atom is -0.277 e. The standard InChI is InChI=1S/C52H30N4S/c1-2-15-31(16-3-1)49-53-50(39-23-14-22-37-35-20-8-13-28-45(35)57-48(37)39)55-51(54-49)56-44-27-12-7-19-34(44)36-29-30-43-46(47(36)56)38-21-6-11-26-42(38)52(43)40-24-9-4-17-32(40)33-18-5-10-25-41(33)52/h1-30H. The molecule has 4 nitrogen and oxygen atoms in total. The fourth-order valence-corrected chi connectivity index (χ4v) is 11.3. The van der Waals surface area contributed by atoms with Gasteiger partial charge in [-0.05, 0) is 57.1 Å². The van der Waals surface area contributed by atoms with Gasteiger partial charge in [-0.15, -0.1) is 11.3 Å². The molecule has 0 saturated heterocycles. The minimum absolute atomic E-state index is 0.467. The molecule has 0 fully saturated rings. The maximum absolute atomic E-state index is 5.48. The maximum Gasteiger partial charge on any atom is 0.238 e. The van der Waals surface area contributed by atoms with Gasteiger partial charge in [-0.25, -0.2) is 4.98 Å². The second-order valence-corrected chi connectivity index (χ2v) is 16.1. The molecule has 5 heteroatoms. The van der Waals surface area contributed by atoms with Crippen LogP contribution in [0.3, 0.4) is 0 Å². The van der Waals surface area contributed by atoms with Crippen molar-refractivity contribution in [2.45, 2.75) is 5.41 Å². The predicted molar refractivity (Wildman–Crippen MR) is 234 cm³/mol. The van der Waals surface area contributed by atoms with Crippen LogP contribution in [0.1, 0.15) is 22.3 Å². The highest BCUT2D eigenvalue weighted by molar-refractivity contribution is 7.26. The van der Waals surface area contributed by atoms with E-state index in [4.69, 9.17) is 15.0 Å². The van der Waals surface area contributed by atoms with E-state index >= 15 is 0 Å². The van der Waals surface area contributed by atoms with Crippen LogP contribution in [-0.2, 0) is 5.41 Å². The number of nitrogens with zero attached hydrogens (tertiary/aromatic N) is 4. The predicted octanol–water partition coefficient (Wildman–Crippen LogP) is 13.0. The molecule has 3 heterocycles. The summed E-state index contributed by atoms with van der Waals surface area (Å²) in [5, 5.41) is 4.80. The van der Waals surface area contributed by atoms with Crippen LogP contribution in [0.25, 0.3) is 93.0 Å². The highest BCUT2D eigenvalue weighted by Gasteiger charge is 2.52. The lowest BCUT2D eigenvalue weighted by atomic mass is 9.70. The fourth-order valence-electron chi connectivity index (χ4n) is 10.1. The summed E-state index contributed by atoms with van der Waals surface area (Å²) >= 11 is 1.79. The van der Waals surface area contributed by atoms with Crippen LogP contribution in [0.15, 0.2) is 182 Å². The zero-order valence-corrected chi connectivity index (χ0v) is 31.3. The van der Waals surface area contributed by atoms with E-state index in [1.807, 2.05) is 18.2 Å². The van der Waals surface area contributed by atoms with Gasteiger partial charge in [-0.3, -0.25) is 4.57 Å². The molecule has 57 heavy (non-hydrogen) atoms. The van der Waals surface area contributed by atoms with E-state index < -0.39 is 5.41 Å². The molecular weight excluding hydrogens is 713 g/mol. The van der Waals surface area contributed by atoms with Crippen LogP contribution < -0.4 is 0 Å². The molecule has 2 aliphatic carbocycles. The van der Waals surface area contributed by atoms with Gasteiger partial charge in [0, 0.05) is 47.6 Å². The van der Waals surface area contributed by atoms with Gasteiger partial charge in [0.15, 0.2) is 11.6 Å². The van der Waals surface area contributed by atoms with Crippen molar-refractivity contribution < 1.29 is 0 Å². The lowest BCUT2D eigenvalue weighted by Gasteiger charge is -2.30. The van der Waals surface area contributed by atoms with Gasteiger partial charge in [0.2, 0.25) is 5.95 Å². The van der Waals surface area contributed by atoms with Crippen LogP contribution >= 0.6 is 11.3 Å². The van der Waals surface area contributed by atoms with Gasteiger partial charge in [0.25, 0.3) is 0 Å². The molecule has 0 aliphatic heterocycles. The van der Waals surface area contributed by atoms with Crippen LogP contribution in [0.2, 0.25) is 0 Å². The largest absolute Gasteiger partial charge is 0.277 e. The summed E-state index contributed by atoms with van der Waals surface area (Å²) in [7, 11) is 0. The van der Waals surface area contributed by atoms with Gasteiger partial charge in [-0.2, -0.15) is 9.97 Å². The Labute approximate surface area is 332 Å². The first-order chi connectivity index (χ1) is 28.3. The molecule has 0 amide bonds. The van der Waals surface area contributed by atoms with Crippen LogP contribution in [0, 0.1) is 0 Å². The number of rotatable bonds is 3. The monoisotopic (exact) mass is 742 g/mol. The summed E-state index contributed by atoms with van der Waals surface area (Å²) in [5.41, 5.74) is 13.9. The molecule has 13 rings (SSSR count). The number of thiophene rings is 1. The zero-order chi connectivity index (χ0) is 37.2. The third-order valence-electron chi connectivity index (χ3n) is 12.3. The minimum atomic E-state index is -0.467. The topological polar surface area (TPSA) is 43.6 Å². The molecule has 0 unspecified atom stereocenters. The Morgan fingerprint density at radius 3 is 1.79 bits per heavy atom. The quantitative estimate of drug-likeness (QED) is 0.181. The Balaban J connectivity index is 1.17. The van der Waals surface area contributed by atoms with Gasteiger partial charge in [0.1, 0.15) is 0 Å². The van der Waals surface area contributed by atoms with Crippen molar-refractivity contribution in [3.05, 3.63) is 204 Å². The van der Waals surface area contributed by atoms with Crippen molar-refractivity contribution in [3.8, 4) is 51.0 Å². The van der Waals surface area contributed by atoms with E-state index in [-0.39, 0.29) is 0 Å². The summed E-state index contributed by atoms with van der Waals surface area (Å²) in [6.07, 6.45) is 0. The van der Waals surface area contributed by atoms with Crippen molar-refractivity contribution in [1.82, 2.24) is 19.5 Å². The van der Waals surface area contributed by atoms with Crippen LogP contribution in [0.5, 0.6) is 0 Å². The highest BCUT2D eigenvalue weighted by Crippen LogP contribution is 2.64. The van der Waals surface area contributed by atoms with Crippen molar-refractivity contribution in [2.24, 2.45) is 0 Å². The first-order valence-electron chi connectivity index (χ1n) is 19.4. The molecule has 8 aromatic carbocycles. The molecule has 264 valence electrons. The van der Waals surface area contributed by atoms with Gasteiger partial charge >= 0.3 is 0 Å². The SMILES string of the molecule is c1ccc(-c2nc(-c3cccc4c3sc3ccccc34)nc(-n3c4ccccc4c4ccc5c(c43)-c3ccccc3C53c4ccccc4-c4ccccc43)n2)cc1. The third kappa shape index (κ3) is 4.03. The van der Waals surface area contributed by atoms with E-state index in [1.165, 1.54) is 70.1 Å². The normalized spacial score (nSPS) is 13.4. The molecule has 0 atom stereocenters. The summed E-state index contributed by atoms with van der Waals surface area (Å²) < 4.78 is 4.74. The van der Waals surface area contributed by atoms with Gasteiger partial charge in [0.05, 0.1) is 16.4 Å². The molecule has 0 saturated carbocycles. The summed E-state index contributed by atoms with van der Waals surface area (Å²) in [6.45, 7) is 0. The van der Waals surface area contributed by atoms with Crippen molar-refractivity contribution >= 4 is 53.3 Å². The van der Waals surface area contributed by atoms with Crippen LogP contribution in [0.4, 0.5) is 0 Å². The maximum atomic E-state index is 5.48. The number of benzene rings is 8. The van der Waals surface area contributed by atoms with E-state index in [0.717, 1.165) is 27.5 Å². The molecule has 11 aromatic rings. The van der Waals surface area contributed by atoms with Crippen LogP contribution in [-0.4, -0.2) is 19.5 Å². The lowest BCUT2D eigenvalue weighted by Crippen LogP contribution is -2.25. The summed E-state index contributed by atoms with van der Waals surface area (Å²) in [6, 6.07) is 65.8. The van der Waals surface area contributed by atoms with E-state index in [0.29, 0.717) is 17.6 Å². The summed E-state index contributed by atoms with van der Waals surface area (Å²) in [4.78, 5) is 16.1. The highest BCUT2D eigenvalue weighted by atomic mass is 32.1. The smallest absolute Gasteiger partial charge is 0.238 e. The van der Waals surface area contributed by atoms with Crippen molar-refractivity contribution in [3.63, 3.8) is 0 Å². The molecule has 3 aromatic heterocycles. The zero-order valence-electron chi connectivity index (χ0n) is 30.5. The van der Waals surface area contributed by atoms with Crippen molar-refractivity contribution in [1.29, 1.82) is 0 Å². The Morgan fingerprint density at radius 2 is 1.00 bits per heavy atom. The van der Waals surface area contributed by atoms with Crippen molar-refractivity contribution in [2.75, 3.05) is 0 Å². The number of hydrogen-bond acceptors (Lipinski definition) is 4. The second kappa shape index (κ2) is 11.4. The van der Waals surface area contributed by atoms with E-state index in [9.17, 15) is 0 Å². The van der Waals surface area contributed by atoms with Gasteiger partial charge in [-0.1, -0.05) is 164 Å². The average molecular weight is 743 g/mol. The fraction of sp³-hybridized carbons (Fsp3) is 0.0192. The van der Waals surface area contributed by atoms with E-state index in [2.05, 4.69) is 168 Å². The molecule has 2 aliphatic rings. The Hall–Kier alpha value is -7.21. The first-order valence-corrected chi connectivity index (χ1v) is 20.2.